The summed E-state index contributed by atoms with van der Waals surface area (Å²) >= 11 is 7.26. The lowest BCUT2D eigenvalue weighted by Crippen LogP contribution is -2.59. The molecule has 2 aliphatic rings. The van der Waals surface area contributed by atoms with Crippen molar-refractivity contribution in [2.75, 3.05) is 4.90 Å². The number of nitrogens with zero attached hydrogens (tertiary/aromatic N) is 1. The molecular weight excluding hydrogens is 893 g/mol. The quantitative estimate of drug-likeness (QED) is 0.129. The van der Waals surface area contributed by atoms with E-state index >= 15 is 0 Å². The summed E-state index contributed by atoms with van der Waals surface area (Å²) in [5, 5.41) is 8.51. The molecule has 0 spiro atoms. The van der Waals surface area contributed by atoms with Crippen molar-refractivity contribution in [2.45, 2.75) is 105 Å². The first-order valence-corrected chi connectivity index (χ1v) is 26.2. The van der Waals surface area contributed by atoms with E-state index in [1.807, 2.05) is 0 Å². The van der Waals surface area contributed by atoms with Crippen molar-refractivity contribution in [1.29, 1.82) is 0 Å². The van der Waals surface area contributed by atoms with Crippen LogP contribution < -0.4 is 26.0 Å². The van der Waals surface area contributed by atoms with Crippen molar-refractivity contribution < 1.29 is 4.74 Å². The predicted molar refractivity (Wildman–Crippen MR) is 312 cm³/mol. The third kappa shape index (κ3) is 7.53. The molecule has 0 saturated carbocycles. The largest absolute Gasteiger partial charge is 0.458 e. The molecule has 4 heteroatoms. The molecule has 0 N–H and O–H groups in total. The zero-order valence-electron chi connectivity index (χ0n) is 43.9. The molecule has 0 fully saturated rings. The van der Waals surface area contributed by atoms with Gasteiger partial charge in [-0.25, -0.2) is 0 Å². The van der Waals surface area contributed by atoms with Crippen molar-refractivity contribution in [3.05, 3.63) is 191 Å². The second-order valence-electron chi connectivity index (χ2n) is 24.8. The monoisotopic (exact) mass is 955 g/mol. The lowest BCUT2D eigenvalue weighted by atomic mass is 9.34. The summed E-state index contributed by atoms with van der Waals surface area (Å²) in [6, 6.07) is 61.9. The summed E-state index contributed by atoms with van der Waals surface area (Å²) in [4.78, 5) is 2.53. The summed E-state index contributed by atoms with van der Waals surface area (Å²) < 4.78 is 7.32. The van der Waals surface area contributed by atoms with Crippen LogP contribution in [0.1, 0.15) is 105 Å². The van der Waals surface area contributed by atoms with E-state index < -0.39 is 0 Å². The minimum absolute atomic E-state index is 0.00532. The van der Waals surface area contributed by atoms with Gasteiger partial charge in [-0.05, 0) is 169 Å². The fraction of sp³-hybridized carbons (Fsp3) is 0.235. The van der Waals surface area contributed by atoms with Gasteiger partial charge in [-0.2, -0.15) is 0 Å². The SMILES string of the molecule is CC(C)(C)c1cc(-c2ccccc2)c(N2c3cc(Cl)ccc3B3c4cc(-c5cc6cc(C(C)(C)C)cc7ccc8cc(C(C)(C)C)cc5c8c76)ccc4Oc4cc(C(C)(C)C)cc2c43)c(-c2ccccc2)c1. The first-order chi connectivity index (χ1) is 34.1. The van der Waals surface area contributed by atoms with Crippen LogP contribution in [0.4, 0.5) is 17.1 Å². The molecule has 0 saturated heterocycles. The fourth-order valence-corrected chi connectivity index (χ4v) is 11.7. The first kappa shape index (κ1) is 46.3. The molecule has 0 atom stereocenters. The highest BCUT2D eigenvalue weighted by Gasteiger charge is 2.44. The summed E-state index contributed by atoms with van der Waals surface area (Å²) in [5.74, 6) is 1.78. The Morgan fingerprint density at radius 3 is 1.54 bits per heavy atom. The molecule has 12 rings (SSSR count). The Kier molecular flexibility index (Phi) is 10.3. The molecule has 10 aromatic rings. The second-order valence-corrected chi connectivity index (χ2v) is 25.2. The highest BCUT2D eigenvalue weighted by Crippen LogP contribution is 2.52. The van der Waals surface area contributed by atoms with E-state index in [1.54, 1.807) is 0 Å². The number of rotatable bonds is 4. The predicted octanol–water partition coefficient (Wildman–Crippen LogP) is 17.8. The van der Waals surface area contributed by atoms with Gasteiger partial charge in [0.25, 0.3) is 6.71 Å². The van der Waals surface area contributed by atoms with E-state index in [2.05, 4.69) is 252 Å². The van der Waals surface area contributed by atoms with Crippen LogP contribution in [0.25, 0.3) is 65.7 Å². The zero-order chi connectivity index (χ0) is 50.4. The minimum Gasteiger partial charge on any atom is -0.458 e. The van der Waals surface area contributed by atoms with Crippen molar-refractivity contribution in [1.82, 2.24) is 0 Å². The van der Waals surface area contributed by atoms with Crippen LogP contribution >= 0.6 is 11.6 Å². The number of anilines is 3. The Labute approximate surface area is 432 Å². The average molecular weight is 957 g/mol. The van der Waals surface area contributed by atoms with Gasteiger partial charge in [-0.3, -0.25) is 0 Å². The van der Waals surface area contributed by atoms with E-state index in [-0.39, 0.29) is 28.4 Å². The number of halogens is 1. The molecule has 2 nitrogen and oxygen atoms in total. The Morgan fingerprint density at radius 1 is 0.403 bits per heavy atom. The molecule has 356 valence electrons. The standard InChI is InChI=1S/C68H63BClNO/c1-65(2,3)46-29-43-23-24-44-30-47(66(4,5)6)36-54-51(32-45(31-46)61(43)62(44)54)42-25-28-59-56(33-42)69-55-27-26-50(70)39-57(55)71(58-37-49(68(10,11)12)38-60(72-59)63(58)69)64-52(40-19-15-13-16-20-40)34-48(67(7,8)9)35-53(64)41-21-17-14-18-22-41/h13-39H,1-12H3. The van der Waals surface area contributed by atoms with Crippen LogP contribution in [0.2, 0.25) is 5.02 Å². The highest BCUT2D eigenvalue weighted by atomic mass is 35.5. The Hall–Kier alpha value is -6.81. The maximum atomic E-state index is 7.32. The highest BCUT2D eigenvalue weighted by molar-refractivity contribution is 6.99. The Bertz CT molecular complexity index is 3760. The summed E-state index contributed by atoms with van der Waals surface area (Å²) in [7, 11) is 0. The van der Waals surface area contributed by atoms with Gasteiger partial charge < -0.3 is 9.64 Å². The smallest absolute Gasteiger partial charge is 0.256 e. The first-order valence-electron chi connectivity index (χ1n) is 25.8. The number of hydrogen-bond donors (Lipinski definition) is 0. The molecule has 2 aliphatic heterocycles. The van der Waals surface area contributed by atoms with Gasteiger partial charge in [-0.1, -0.05) is 204 Å². The summed E-state index contributed by atoms with van der Waals surface area (Å²) in [5.41, 5.74) is 18.7. The van der Waals surface area contributed by atoms with E-state index in [0.29, 0.717) is 5.02 Å². The van der Waals surface area contributed by atoms with Crippen LogP contribution in [0, 0.1) is 0 Å². The van der Waals surface area contributed by atoms with Crippen molar-refractivity contribution in [3.8, 4) is 44.9 Å². The van der Waals surface area contributed by atoms with Crippen molar-refractivity contribution in [2.24, 2.45) is 0 Å². The molecule has 2 heterocycles. The molecular formula is C68H63BClNO. The Balaban J connectivity index is 1.16. The van der Waals surface area contributed by atoms with Crippen LogP contribution in [0.5, 0.6) is 11.5 Å². The molecule has 0 aliphatic carbocycles. The van der Waals surface area contributed by atoms with Crippen LogP contribution in [-0.2, 0) is 21.7 Å². The molecule has 0 amide bonds. The number of benzene rings is 10. The molecule has 0 unspecified atom stereocenters. The normalized spacial score (nSPS) is 13.7. The summed E-state index contributed by atoms with van der Waals surface area (Å²) in [6.45, 7) is 27.6. The fourth-order valence-electron chi connectivity index (χ4n) is 11.6. The minimum atomic E-state index is -0.179. The molecule has 72 heavy (non-hydrogen) atoms. The van der Waals surface area contributed by atoms with Gasteiger partial charge in [-0.15, -0.1) is 0 Å². The molecule has 0 radical (unpaired) electrons. The number of hydrogen-bond acceptors (Lipinski definition) is 2. The third-order valence-corrected chi connectivity index (χ3v) is 15.9. The van der Waals surface area contributed by atoms with E-state index in [0.717, 1.165) is 45.2 Å². The second kappa shape index (κ2) is 16.1. The van der Waals surface area contributed by atoms with Gasteiger partial charge in [0.05, 0.1) is 5.69 Å². The van der Waals surface area contributed by atoms with E-state index in [9.17, 15) is 0 Å². The van der Waals surface area contributed by atoms with Crippen molar-refractivity contribution >= 4 is 84.1 Å². The topological polar surface area (TPSA) is 12.5 Å². The van der Waals surface area contributed by atoms with Crippen LogP contribution in [0.3, 0.4) is 0 Å². The summed E-state index contributed by atoms with van der Waals surface area (Å²) in [6.07, 6.45) is 0. The number of fused-ring (bicyclic) bond motifs is 4. The maximum Gasteiger partial charge on any atom is 0.256 e. The van der Waals surface area contributed by atoms with E-state index in [1.165, 1.54) is 87.8 Å². The number of ether oxygens (including phenoxy) is 1. The molecule has 10 aromatic carbocycles. The zero-order valence-corrected chi connectivity index (χ0v) is 44.7. The van der Waals surface area contributed by atoms with E-state index in [4.69, 9.17) is 16.3 Å². The van der Waals surface area contributed by atoms with Crippen LogP contribution in [-0.4, -0.2) is 6.71 Å². The van der Waals surface area contributed by atoms with Gasteiger partial charge in [0.1, 0.15) is 11.5 Å². The van der Waals surface area contributed by atoms with Gasteiger partial charge in [0.2, 0.25) is 0 Å². The van der Waals surface area contributed by atoms with Gasteiger partial charge in [0, 0.05) is 27.5 Å². The van der Waals surface area contributed by atoms with Crippen molar-refractivity contribution in [3.63, 3.8) is 0 Å². The third-order valence-electron chi connectivity index (χ3n) is 15.7. The lowest BCUT2D eigenvalue weighted by Gasteiger charge is -2.42. The van der Waals surface area contributed by atoms with Crippen LogP contribution in [0.15, 0.2) is 164 Å². The Morgan fingerprint density at radius 2 is 0.944 bits per heavy atom. The maximum absolute atomic E-state index is 7.32. The molecule has 0 aromatic heterocycles. The van der Waals surface area contributed by atoms with Gasteiger partial charge in [0.15, 0.2) is 0 Å². The molecule has 0 bridgehead atoms. The average Bonchev–Trinajstić information content (AvgIpc) is 3.34. The lowest BCUT2D eigenvalue weighted by molar-refractivity contribution is 0.483. The van der Waals surface area contributed by atoms with Gasteiger partial charge >= 0.3 is 0 Å².